The lowest BCUT2D eigenvalue weighted by Gasteiger charge is -2.31. The summed E-state index contributed by atoms with van der Waals surface area (Å²) in [7, 11) is -7.86. The van der Waals surface area contributed by atoms with Crippen LogP contribution in [0.1, 0.15) is 5.56 Å². The Labute approximate surface area is 226 Å². The summed E-state index contributed by atoms with van der Waals surface area (Å²) in [6.07, 6.45) is 0. The summed E-state index contributed by atoms with van der Waals surface area (Å²) in [4.78, 5) is 13.0. The van der Waals surface area contributed by atoms with Gasteiger partial charge in [-0.15, -0.1) is 0 Å². The van der Waals surface area contributed by atoms with E-state index < -0.39 is 32.5 Å². The Morgan fingerprint density at radius 3 is 2.32 bits per heavy atom. The van der Waals surface area contributed by atoms with Crippen LogP contribution in [0, 0.1) is 6.92 Å². The SMILES string of the molecule is Cc1ccccc1NS(=O)(=O)c1ccc(NC(=O)CN2c3ccc(Cl)cc3-c3ccccc3S2(=O)=O)cc1. The number of hydrogen-bond acceptors (Lipinski definition) is 5. The molecule has 1 heterocycles. The zero-order valence-corrected chi connectivity index (χ0v) is 22.4. The second kappa shape index (κ2) is 9.79. The van der Waals surface area contributed by atoms with Gasteiger partial charge >= 0.3 is 0 Å². The van der Waals surface area contributed by atoms with Crippen LogP contribution in [-0.4, -0.2) is 29.3 Å². The summed E-state index contributed by atoms with van der Waals surface area (Å²) < 4.78 is 56.0. The van der Waals surface area contributed by atoms with E-state index in [1.54, 1.807) is 61.5 Å². The molecule has 5 rings (SSSR count). The van der Waals surface area contributed by atoms with Crippen LogP contribution in [0.4, 0.5) is 17.1 Å². The summed E-state index contributed by atoms with van der Waals surface area (Å²) in [6.45, 7) is 1.31. The largest absolute Gasteiger partial charge is 0.325 e. The van der Waals surface area contributed by atoms with Gasteiger partial charge in [-0.2, -0.15) is 0 Å². The number of hydrogen-bond donors (Lipinski definition) is 2. The number of carbonyl (C=O) groups is 1. The van der Waals surface area contributed by atoms with Gasteiger partial charge in [-0.1, -0.05) is 48.0 Å². The number of halogens is 1. The Bertz CT molecular complexity index is 1770. The third-order valence-corrected chi connectivity index (χ3v) is 9.53. The number of anilines is 3. The van der Waals surface area contributed by atoms with E-state index in [1.165, 1.54) is 30.3 Å². The average molecular weight is 568 g/mol. The zero-order chi connectivity index (χ0) is 27.1. The molecule has 38 heavy (non-hydrogen) atoms. The monoisotopic (exact) mass is 567 g/mol. The molecule has 4 aromatic carbocycles. The first-order valence-electron chi connectivity index (χ1n) is 11.5. The highest BCUT2D eigenvalue weighted by atomic mass is 35.5. The van der Waals surface area contributed by atoms with Gasteiger partial charge in [-0.05, 0) is 67.1 Å². The lowest BCUT2D eigenvalue weighted by molar-refractivity contribution is -0.114. The molecule has 1 aliphatic rings. The molecule has 4 aromatic rings. The molecule has 1 amide bonds. The molecule has 0 radical (unpaired) electrons. The van der Waals surface area contributed by atoms with Crippen LogP contribution in [0.5, 0.6) is 0 Å². The van der Waals surface area contributed by atoms with E-state index >= 15 is 0 Å². The zero-order valence-electron chi connectivity index (χ0n) is 20.1. The molecule has 2 N–H and O–H groups in total. The van der Waals surface area contributed by atoms with Gasteiger partial charge in [0.1, 0.15) is 6.54 Å². The Morgan fingerprint density at radius 2 is 1.58 bits per heavy atom. The molecule has 0 fully saturated rings. The predicted octanol–water partition coefficient (Wildman–Crippen LogP) is 5.26. The van der Waals surface area contributed by atoms with Crippen molar-refractivity contribution in [3.05, 3.63) is 102 Å². The fourth-order valence-electron chi connectivity index (χ4n) is 4.21. The van der Waals surface area contributed by atoms with E-state index in [2.05, 4.69) is 10.0 Å². The smallest absolute Gasteiger partial charge is 0.265 e. The summed E-state index contributed by atoms with van der Waals surface area (Å²) in [6, 6.07) is 24.0. The maximum absolute atomic E-state index is 13.4. The highest BCUT2D eigenvalue weighted by Gasteiger charge is 2.36. The van der Waals surface area contributed by atoms with Crippen molar-refractivity contribution in [3.8, 4) is 11.1 Å². The minimum atomic E-state index is -4.01. The number of aryl methyl sites for hydroxylation is 1. The summed E-state index contributed by atoms with van der Waals surface area (Å²) in [5, 5.41) is 3.08. The van der Waals surface area contributed by atoms with Crippen LogP contribution >= 0.6 is 11.6 Å². The van der Waals surface area contributed by atoms with Gasteiger partial charge in [0, 0.05) is 21.8 Å². The number of nitrogens with one attached hydrogen (secondary N) is 2. The number of carbonyl (C=O) groups excluding carboxylic acids is 1. The quantitative estimate of drug-likeness (QED) is 0.330. The Kier molecular flexibility index (Phi) is 6.64. The van der Waals surface area contributed by atoms with Crippen LogP contribution in [0.25, 0.3) is 11.1 Å². The third-order valence-electron chi connectivity index (χ3n) is 6.10. The van der Waals surface area contributed by atoms with Crippen molar-refractivity contribution < 1.29 is 21.6 Å². The molecule has 1 aliphatic heterocycles. The first kappa shape index (κ1) is 25.8. The van der Waals surface area contributed by atoms with E-state index in [1.807, 2.05) is 6.07 Å². The first-order chi connectivity index (χ1) is 18.1. The lowest BCUT2D eigenvalue weighted by Crippen LogP contribution is -2.40. The van der Waals surface area contributed by atoms with Crippen molar-refractivity contribution in [2.45, 2.75) is 16.7 Å². The van der Waals surface area contributed by atoms with Gasteiger partial charge in [0.05, 0.1) is 21.2 Å². The Hall–Kier alpha value is -3.86. The number of nitrogens with zero attached hydrogens (tertiary/aromatic N) is 1. The van der Waals surface area contributed by atoms with Gasteiger partial charge in [0.15, 0.2) is 0 Å². The third kappa shape index (κ3) is 4.85. The minimum Gasteiger partial charge on any atom is -0.325 e. The molecule has 0 unspecified atom stereocenters. The summed E-state index contributed by atoms with van der Waals surface area (Å²) >= 11 is 6.18. The Morgan fingerprint density at radius 1 is 0.895 bits per heavy atom. The van der Waals surface area contributed by atoms with Crippen molar-refractivity contribution in [2.24, 2.45) is 0 Å². The molecular formula is C27H22ClN3O5S2. The number of para-hydroxylation sites is 1. The minimum absolute atomic E-state index is 0.0137. The molecule has 8 nitrogen and oxygen atoms in total. The molecule has 0 saturated heterocycles. The van der Waals surface area contributed by atoms with E-state index in [-0.39, 0.29) is 9.79 Å². The molecule has 11 heteroatoms. The normalized spacial score (nSPS) is 13.8. The summed E-state index contributed by atoms with van der Waals surface area (Å²) in [5.74, 6) is -0.595. The lowest BCUT2D eigenvalue weighted by atomic mass is 10.0. The van der Waals surface area contributed by atoms with Crippen molar-refractivity contribution >= 4 is 54.6 Å². The highest BCUT2D eigenvalue weighted by Crippen LogP contribution is 2.43. The van der Waals surface area contributed by atoms with Crippen molar-refractivity contribution in [1.29, 1.82) is 0 Å². The fraction of sp³-hybridized carbons (Fsp3) is 0.0741. The van der Waals surface area contributed by atoms with Crippen LogP contribution in [-0.2, 0) is 24.8 Å². The number of fused-ring (bicyclic) bond motifs is 3. The molecule has 0 bridgehead atoms. The first-order valence-corrected chi connectivity index (χ1v) is 14.8. The van der Waals surface area contributed by atoms with Crippen LogP contribution < -0.4 is 14.3 Å². The maximum Gasteiger partial charge on any atom is 0.265 e. The maximum atomic E-state index is 13.4. The van der Waals surface area contributed by atoms with Gasteiger partial charge in [-0.25, -0.2) is 16.8 Å². The molecule has 0 aliphatic carbocycles. The van der Waals surface area contributed by atoms with Gasteiger partial charge < -0.3 is 5.32 Å². The van der Waals surface area contributed by atoms with Crippen molar-refractivity contribution in [3.63, 3.8) is 0 Å². The van der Waals surface area contributed by atoms with Crippen molar-refractivity contribution in [2.75, 3.05) is 20.9 Å². The molecule has 0 atom stereocenters. The Balaban J connectivity index is 1.36. The highest BCUT2D eigenvalue weighted by molar-refractivity contribution is 7.93. The van der Waals surface area contributed by atoms with E-state index in [9.17, 15) is 21.6 Å². The van der Waals surface area contributed by atoms with Gasteiger partial charge in [0.25, 0.3) is 20.0 Å². The number of amides is 1. The molecule has 194 valence electrons. The number of benzene rings is 4. The van der Waals surface area contributed by atoms with Crippen molar-refractivity contribution in [1.82, 2.24) is 0 Å². The van der Waals surface area contributed by atoms with Gasteiger partial charge in [0.2, 0.25) is 5.91 Å². The van der Waals surface area contributed by atoms with Crippen LogP contribution in [0.15, 0.2) is 101 Å². The van der Waals surface area contributed by atoms with E-state index in [4.69, 9.17) is 11.6 Å². The second-order valence-corrected chi connectivity index (χ2v) is 12.6. The topological polar surface area (TPSA) is 113 Å². The van der Waals surface area contributed by atoms with Crippen LogP contribution in [0.3, 0.4) is 0 Å². The second-order valence-electron chi connectivity index (χ2n) is 8.66. The average Bonchev–Trinajstić information content (AvgIpc) is 2.88. The predicted molar refractivity (Wildman–Crippen MR) is 148 cm³/mol. The van der Waals surface area contributed by atoms with E-state index in [0.29, 0.717) is 33.2 Å². The fourth-order valence-corrected chi connectivity index (χ4v) is 7.17. The standard InChI is InChI=1S/C27H22ClN3O5S2/c1-18-6-2-4-8-24(18)30-37(33,34)21-13-11-20(12-14-21)29-27(32)17-31-25-15-10-19(28)16-23(25)22-7-3-5-9-26(22)38(31,35)36/h2-16,30H,17H2,1H3,(H,29,32). The summed E-state index contributed by atoms with van der Waals surface area (Å²) in [5.41, 5.74) is 3.02. The number of rotatable bonds is 6. The molecular weight excluding hydrogens is 546 g/mol. The van der Waals surface area contributed by atoms with Gasteiger partial charge in [-0.3, -0.25) is 13.8 Å². The molecule has 0 saturated carbocycles. The van der Waals surface area contributed by atoms with Crippen LogP contribution in [0.2, 0.25) is 5.02 Å². The van der Waals surface area contributed by atoms with E-state index in [0.717, 1.165) is 9.87 Å². The number of sulfonamides is 2. The molecule has 0 aromatic heterocycles. The molecule has 0 spiro atoms.